The van der Waals surface area contributed by atoms with Crippen molar-refractivity contribution in [3.63, 3.8) is 0 Å². The molecule has 0 unspecified atom stereocenters. The molecule has 0 saturated carbocycles. The van der Waals surface area contributed by atoms with E-state index in [1.54, 1.807) is 24.5 Å². The minimum Gasteiger partial charge on any atom is -0.497 e. The molecule has 18 heavy (non-hydrogen) atoms. The van der Waals surface area contributed by atoms with Crippen molar-refractivity contribution in [1.82, 2.24) is 0 Å². The summed E-state index contributed by atoms with van der Waals surface area (Å²) in [5.41, 5.74) is 1.12. The molecule has 1 heterocycles. The predicted molar refractivity (Wildman–Crippen MR) is 76.2 cm³/mol. The molecular formula is C14H11ClO2S. The molecule has 92 valence electrons. The summed E-state index contributed by atoms with van der Waals surface area (Å²) in [6, 6.07) is 11.8. The average molecular weight is 279 g/mol. The molecule has 0 fully saturated rings. The molecule has 2 nitrogen and oxygen atoms in total. The van der Waals surface area contributed by atoms with Crippen LogP contribution in [-0.4, -0.2) is 12.4 Å². The number of carbonyl (C=O) groups excluding carboxylic acids is 1. The van der Waals surface area contributed by atoms with Gasteiger partial charge in [0.15, 0.2) is 0 Å². The number of ether oxygens (including phenoxy) is 1. The van der Waals surface area contributed by atoms with E-state index in [1.807, 2.05) is 36.4 Å². The Hall–Kier alpha value is -1.58. The highest BCUT2D eigenvalue weighted by Gasteiger charge is 2.01. The molecule has 0 aliphatic carbocycles. The first-order valence-corrected chi connectivity index (χ1v) is 6.50. The molecule has 0 aliphatic rings. The molecule has 0 amide bonds. The number of hydrogen-bond acceptors (Lipinski definition) is 3. The quantitative estimate of drug-likeness (QED) is 0.619. The van der Waals surface area contributed by atoms with Gasteiger partial charge in [-0.3, -0.25) is 4.79 Å². The molecule has 0 N–H and O–H groups in total. The molecule has 0 radical (unpaired) electrons. The van der Waals surface area contributed by atoms with Crippen molar-refractivity contribution in [2.45, 2.75) is 0 Å². The molecule has 0 spiro atoms. The first-order valence-electron chi connectivity index (χ1n) is 5.31. The zero-order chi connectivity index (χ0) is 13.0. The summed E-state index contributed by atoms with van der Waals surface area (Å²) >= 11 is 6.85. The zero-order valence-corrected chi connectivity index (χ0v) is 11.3. The number of rotatable bonds is 4. The van der Waals surface area contributed by atoms with Gasteiger partial charge in [0, 0.05) is 9.75 Å². The van der Waals surface area contributed by atoms with E-state index in [-0.39, 0.29) is 0 Å². The Morgan fingerprint density at radius 1 is 1.22 bits per heavy atom. The van der Waals surface area contributed by atoms with E-state index in [9.17, 15) is 4.79 Å². The fourth-order valence-corrected chi connectivity index (χ4v) is 2.48. The van der Waals surface area contributed by atoms with Crippen LogP contribution in [0, 0.1) is 0 Å². The number of benzene rings is 1. The van der Waals surface area contributed by atoms with Crippen LogP contribution in [0.3, 0.4) is 0 Å². The van der Waals surface area contributed by atoms with E-state index >= 15 is 0 Å². The number of allylic oxidation sites excluding steroid dienone is 1. The molecule has 4 heteroatoms. The third-order valence-corrected chi connectivity index (χ3v) is 3.61. The predicted octanol–water partition coefficient (Wildman–Crippen LogP) is 4.20. The van der Waals surface area contributed by atoms with Gasteiger partial charge in [0.25, 0.3) is 0 Å². The molecule has 0 bridgehead atoms. The van der Waals surface area contributed by atoms with E-state index in [0.29, 0.717) is 0 Å². The lowest BCUT2D eigenvalue weighted by molar-refractivity contribution is -0.107. The van der Waals surface area contributed by atoms with Crippen molar-refractivity contribution < 1.29 is 9.53 Å². The third-order valence-electron chi connectivity index (χ3n) is 2.38. The molecule has 2 rings (SSSR count). The van der Waals surface area contributed by atoms with Gasteiger partial charge in [-0.15, -0.1) is 11.3 Å². The van der Waals surface area contributed by atoms with Crippen molar-refractivity contribution >= 4 is 34.3 Å². The summed E-state index contributed by atoms with van der Waals surface area (Å²) in [5, 5.41) is -0.464. The third kappa shape index (κ3) is 3.22. The Balaban J connectivity index is 2.20. The second-order valence-corrected chi connectivity index (χ2v) is 5.06. The lowest BCUT2D eigenvalue weighted by atomic mass is 10.2. The van der Waals surface area contributed by atoms with E-state index in [4.69, 9.17) is 16.3 Å². The lowest BCUT2D eigenvalue weighted by Crippen LogP contribution is -1.81. The average Bonchev–Trinajstić information content (AvgIpc) is 2.85. The van der Waals surface area contributed by atoms with Gasteiger partial charge >= 0.3 is 0 Å². The lowest BCUT2D eigenvalue weighted by Gasteiger charge is -2.00. The van der Waals surface area contributed by atoms with Crippen LogP contribution in [0.25, 0.3) is 16.5 Å². The number of halogens is 1. The Morgan fingerprint density at radius 3 is 2.56 bits per heavy atom. The van der Waals surface area contributed by atoms with E-state index in [0.717, 1.165) is 21.1 Å². The van der Waals surface area contributed by atoms with Crippen LogP contribution in [0.15, 0.2) is 42.5 Å². The summed E-state index contributed by atoms with van der Waals surface area (Å²) < 4.78 is 5.12. The fraction of sp³-hybridized carbons (Fsp3) is 0.0714. The highest BCUT2D eigenvalue weighted by molar-refractivity contribution is 7.16. The maximum Gasteiger partial charge on any atom is 0.245 e. The SMILES string of the molecule is COc1ccc(-c2ccc(/C=C/C(=O)Cl)s2)cc1. The van der Waals surface area contributed by atoms with Gasteiger partial charge in [0.1, 0.15) is 5.75 Å². The maximum absolute atomic E-state index is 10.6. The van der Waals surface area contributed by atoms with Gasteiger partial charge in [0.05, 0.1) is 7.11 Å². The van der Waals surface area contributed by atoms with Crippen LogP contribution >= 0.6 is 22.9 Å². The van der Waals surface area contributed by atoms with Gasteiger partial charge in [-0.1, -0.05) is 0 Å². The van der Waals surface area contributed by atoms with Crippen molar-refractivity contribution in [2.24, 2.45) is 0 Å². The summed E-state index contributed by atoms with van der Waals surface area (Å²) in [6.07, 6.45) is 3.07. The Morgan fingerprint density at radius 2 is 1.94 bits per heavy atom. The van der Waals surface area contributed by atoms with Gasteiger partial charge in [0.2, 0.25) is 5.24 Å². The Bertz CT molecular complexity index is 570. The second kappa shape index (κ2) is 5.85. The molecule has 0 saturated heterocycles. The molecule has 2 aromatic rings. The highest BCUT2D eigenvalue weighted by Crippen LogP contribution is 2.30. The first-order chi connectivity index (χ1) is 8.69. The van der Waals surface area contributed by atoms with Gasteiger partial charge in [-0.05, 0) is 65.7 Å². The summed E-state index contributed by atoms with van der Waals surface area (Å²) in [6.45, 7) is 0. The fourth-order valence-electron chi connectivity index (χ4n) is 1.50. The molecule has 0 atom stereocenters. The van der Waals surface area contributed by atoms with Crippen LogP contribution in [-0.2, 0) is 4.79 Å². The van der Waals surface area contributed by atoms with Crippen LogP contribution in [0.5, 0.6) is 5.75 Å². The summed E-state index contributed by atoms with van der Waals surface area (Å²) in [5.74, 6) is 0.836. The number of thiophene rings is 1. The van der Waals surface area contributed by atoms with Crippen molar-refractivity contribution in [2.75, 3.05) is 7.11 Å². The smallest absolute Gasteiger partial charge is 0.245 e. The first kappa shape index (κ1) is 12.9. The minimum absolute atomic E-state index is 0.464. The van der Waals surface area contributed by atoms with Crippen molar-refractivity contribution in [3.8, 4) is 16.2 Å². The second-order valence-electron chi connectivity index (χ2n) is 3.57. The van der Waals surface area contributed by atoms with E-state index in [1.165, 1.54) is 6.08 Å². The Kier molecular flexibility index (Phi) is 4.18. The standard InChI is InChI=1S/C14H11ClO2S/c1-17-11-4-2-10(3-5-11)13-8-6-12(18-13)7-9-14(15)16/h2-9H,1H3/b9-7+. The molecule has 0 aliphatic heterocycles. The Labute approximate surface area is 114 Å². The number of carbonyl (C=O) groups is 1. The van der Waals surface area contributed by atoms with Crippen LogP contribution < -0.4 is 4.74 Å². The van der Waals surface area contributed by atoms with Crippen molar-refractivity contribution in [3.05, 3.63) is 47.4 Å². The van der Waals surface area contributed by atoms with Gasteiger partial charge in [-0.25, -0.2) is 0 Å². The number of hydrogen-bond donors (Lipinski definition) is 0. The minimum atomic E-state index is -0.464. The van der Waals surface area contributed by atoms with Crippen molar-refractivity contribution in [1.29, 1.82) is 0 Å². The summed E-state index contributed by atoms with van der Waals surface area (Å²) in [7, 11) is 1.65. The zero-order valence-electron chi connectivity index (χ0n) is 9.72. The largest absolute Gasteiger partial charge is 0.497 e. The maximum atomic E-state index is 10.6. The highest BCUT2D eigenvalue weighted by atomic mass is 35.5. The van der Waals surface area contributed by atoms with Gasteiger partial charge < -0.3 is 4.74 Å². The van der Waals surface area contributed by atoms with Crippen LogP contribution in [0.2, 0.25) is 0 Å². The number of methoxy groups -OCH3 is 1. The van der Waals surface area contributed by atoms with E-state index < -0.39 is 5.24 Å². The molecule has 1 aromatic heterocycles. The summed E-state index contributed by atoms with van der Waals surface area (Å²) in [4.78, 5) is 12.8. The van der Waals surface area contributed by atoms with E-state index in [2.05, 4.69) is 0 Å². The van der Waals surface area contributed by atoms with Gasteiger partial charge in [-0.2, -0.15) is 0 Å². The van der Waals surface area contributed by atoms with Crippen LogP contribution in [0.1, 0.15) is 4.88 Å². The topological polar surface area (TPSA) is 26.3 Å². The van der Waals surface area contributed by atoms with Crippen LogP contribution in [0.4, 0.5) is 0 Å². The molecular weight excluding hydrogens is 268 g/mol. The monoisotopic (exact) mass is 278 g/mol. The molecule has 1 aromatic carbocycles. The normalized spacial score (nSPS) is 10.8.